The van der Waals surface area contributed by atoms with Crippen LogP contribution >= 0.6 is 31.9 Å². The molecule has 0 N–H and O–H groups in total. The molecule has 22 heavy (non-hydrogen) atoms. The molecule has 1 saturated heterocycles. The first kappa shape index (κ1) is 15.3. The van der Waals surface area contributed by atoms with Gasteiger partial charge in [-0.15, -0.1) is 0 Å². The van der Waals surface area contributed by atoms with Gasteiger partial charge in [0, 0.05) is 47.5 Å². The molecule has 0 spiro atoms. The van der Waals surface area contributed by atoms with E-state index in [0.29, 0.717) is 5.56 Å². The lowest BCUT2D eigenvalue weighted by Crippen LogP contribution is -2.47. The first-order valence-corrected chi connectivity index (χ1v) is 8.43. The van der Waals surface area contributed by atoms with Gasteiger partial charge in [-0.2, -0.15) is 5.26 Å². The molecule has 0 aromatic carbocycles. The van der Waals surface area contributed by atoms with Crippen LogP contribution in [-0.4, -0.2) is 36.1 Å². The van der Waals surface area contributed by atoms with Gasteiger partial charge in [-0.05, 0) is 50.1 Å². The van der Waals surface area contributed by atoms with Gasteiger partial charge in [0.2, 0.25) is 0 Å². The molecule has 3 rings (SSSR count). The highest BCUT2D eigenvalue weighted by molar-refractivity contribution is 9.10. The summed E-state index contributed by atoms with van der Waals surface area (Å²) in [7, 11) is 0. The summed E-state index contributed by atoms with van der Waals surface area (Å²) in [5, 5.41) is 9.27. The number of anilines is 2. The number of hydrogen-bond donors (Lipinski definition) is 0. The number of piperazine rings is 1. The van der Waals surface area contributed by atoms with Crippen LogP contribution in [0.3, 0.4) is 0 Å². The van der Waals surface area contributed by atoms with Crippen LogP contribution in [0.5, 0.6) is 0 Å². The summed E-state index contributed by atoms with van der Waals surface area (Å²) in [5.74, 6) is 1.74. The maximum absolute atomic E-state index is 9.27. The third-order valence-electron chi connectivity index (χ3n) is 3.57. The Kier molecular flexibility index (Phi) is 4.60. The van der Waals surface area contributed by atoms with E-state index in [1.54, 1.807) is 6.20 Å². The first-order chi connectivity index (χ1) is 10.7. The van der Waals surface area contributed by atoms with Crippen LogP contribution in [0.25, 0.3) is 0 Å². The van der Waals surface area contributed by atoms with Crippen LogP contribution in [0.2, 0.25) is 0 Å². The van der Waals surface area contributed by atoms with Crippen molar-refractivity contribution in [3.63, 3.8) is 0 Å². The number of halogens is 2. The topological polar surface area (TPSA) is 56.1 Å². The first-order valence-electron chi connectivity index (χ1n) is 6.84. The maximum atomic E-state index is 9.27. The molecule has 0 atom stereocenters. The smallest absolute Gasteiger partial charge is 0.146 e. The van der Waals surface area contributed by atoms with Crippen LogP contribution in [0.1, 0.15) is 5.56 Å². The number of nitrogens with zero attached hydrogens (tertiary/aromatic N) is 5. The Morgan fingerprint density at radius 3 is 2.27 bits per heavy atom. The molecule has 112 valence electrons. The molecule has 1 aliphatic heterocycles. The Labute approximate surface area is 145 Å². The summed E-state index contributed by atoms with van der Waals surface area (Å²) in [4.78, 5) is 13.2. The van der Waals surface area contributed by atoms with Gasteiger partial charge in [-0.1, -0.05) is 0 Å². The normalized spacial score (nSPS) is 14.8. The fraction of sp³-hybridized carbons (Fsp3) is 0.267. The predicted molar refractivity (Wildman–Crippen MR) is 93.0 cm³/mol. The van der Waals surface area contributed by atoms with Crippen molar-refractivity contribution in [2.75, 3.05) is 36.0 Å². The third-order valence-corrected chi connectivity index (χ3v) is 4.47. The van der Waals surface area contributed by atoms with Gasteiger partial charge >= 0.3 is 0 Å². The van der Waals surface area contributed by atoms with E-state index in [2.05, 4.69) is 57.7 Å². The fourth-order valence-electron chi connectivity index (χ4n) is 2.47. The zero-order valence-electron chi connectivity index (χ0n) is 11.7. The molecular weight excluding hydrogens is 410 g/mol. The summed E-state index contributed by atoms with van der Waals surface area (Å²) in [5.41, 5.74) is 0.601. The summed E-state index contributed by atoms with van der Waals surface area (Å²) in [6.07, 6.45) is 3.55. The summed E-state index contributed by atoms with van der Waals surface area (Å²) >= 11 is 6.75. The molecule has 0 aliphatic carbocycles. The van der Waals surface area contributed by atoms with E-state index >= 15 is 0 Å². The molecule has 1 fully saturated rings. The minimum Gasteiger partial charge on any atom is -0.353 e. The number of aromatic nitrogens is 2. The lowest BCUT2D eigenvalue weighted by Gasteiger charge is -2.36. The molecule has 3 heterocycles. The van der Waals surface area contributed by atoms with Crippen LogP contribution in [0.15, 0.2) is 39.5 Å². The zero-order valence-corrected chi connectivity index (χ0v) is 14.9. The van der Waals surface area contributed by atoms with Gasteiger partial charge < -0.3 is 9.80 Å². The average Bonchev–Trinajstić information content (AvgIpc) is 2.56. The van der Waals surface area contributed by atoms with Crippen molar-refractivity contribution in [2.24, 2.45) is 0 Å². The van der Waals surface area contributed by atoms with Gasteiger partial charge in [-0.3, -0.25) is 0 Å². The standard InChI is InChI=1S/C15H13Br2N5/c16-12-1-2-14(19-9-12)21-3-5-22(6-4-21)15-11(8-18)7-13(17)10-20-15/h1-2,7,9-10H,3-6H2. The largest absolute Gasteiger partial charge is 0.353 e. The molecule has 1 aliphatic rings. The molecule has 0 saturated carbocycles. The van der Waals surface area contributed by atoms with E-state index in [1.807, 2.05) is 24.4 Å². The Bertz CT molecular complexity index is 703. The molecule has 0 amide bonds. The SMILES string of the molecule is N#Cc1cc(Br)cnc1N1CCN(c2ccc(Br)cn2)CC1. The molecule has 2 aromatic rings. The molecular formula is C15H13Br2N5. The Morgan fingerprint density at radius 2 is 1.64 bits per heavy atom. The van der Waals surface area contributed by atoms with Gasteiger partial charge in [-0.25, -0.2) is 9.97 Å². The van der Waals surface area contributed by atoms with E-state index in [0.717, 1.165) is 46.8 Å². The van der Waals surface area contributed by atoms with Crippen molar-refractivity contribution in [3.05, 3.63) is 45.1 Å². The molecule has 2 aromatic heterocycles. The zero-order chi connectivity index (χ0) is 15.5. The highest BCUT2D eigenvalue weighted by Crippen LogP contribution is 2.23. The Balaban J connectivity index is 1.72. The van der Waals surface area contributed by atoms with Gasteiger partial charge in [0.1, 0.15) is 17.7 Å². The summed E-state index contributed by atoms with van der Waals surface area (Å²) in [6, 6.07) is 8.04. The van der Waals surface area contributed by atoms with Crippen LogP contribution in [0, 0.1) is 11.3 Å². The summed E-state index contributed by atoms with van der Waals surface area (Å²) in [6.45, 7) is 3.36. The molecule has 0 unspecified atom stereocenters. The third kappa shape index (κ3) is 3.23. The number of rotatable bonds is 2. The highest BCUT2D eigenvalue weighted by atomic mass is 79.9. The number of pyridine rings is 2. The fourth-order valence-corrected chi connectivity index (χ4v) is 3.03. The van der Waals surface area contributed by atoms with E-state index in [1.165, 1.54) is 0 Å². The monoisotopic (exact) mass is 421 g/mol. The molecule has 0 radical (unpaired) electrons. The molecule has 7 heteroatoms. The molecule has 5 nitrogen and oxygen atoms in total. The number of hydrogen-bond acceptors (Lipinski definition) is 5. The van der Waals surface area contributed by atoms with Crippen molar-refractivity contribution < 1.29 is 0 Å². The minimum absolute atomic E-state index is 0.601. The average molecular weight is 423 g/mol. The second-order valence-corrected chi connectivity index (χ2v) is 6.78. The van der Waals surface area contributed by atoms with E-state index in [-0.39, 0.29) is 0 Å². The van der Waals surface area contributed by atoms with Crippen molar-refractivity contribution in [3.8, 4) is 6.07 Å². The van der Waals surface area contributed by atoms with E-state index in [9.17, 15) is 5.26 Å². The Hall–Kier alpha value is -1.65. The van der Waals surface area contributed by atoms with Gasteiger partial charge in [0.15, 0.2) is 0 Å². The highest BCUT2D eigenvalue weighted by Gasteiger charge is 2.21. The summed E-state index contributed by atoms with van der Waals surface area (Å²) < 4.78 is 1.80. The van der Waals surface area contributed by atoms with E-state index < -0.39 is 0 Å². The van der Waals surface area contributed by atoms with Gasteiger partial charge in [0.25, 0.3) is 0 Å². The quantitative estimate of drug-likeness (QED) is 0.743. The number of nitriles is 1. The van der Waals surface area contributed by atoms with Gasteiger partial charge in [0.05, 0.1) is 5.56 Å². The second kappa shape index (κ2) is 6.63. The molecule has 0 bridgehead atoms. The van der Waals surface area contributed by atoms with Crippen molar-refractivity contribution in [2.45, 2.75) is 0 Å². The van der Waals surface area contributed by atoms with Crippen molar-refractivity contribution in [1.29, 1.82) is 5.26 Å². The van der Waals surface area contributed by atoms with Crippen LogP contribution in [0.4, 0.5) is 11.6 Å². The maximum Gasteiger partial charge on any atom is 0.146 e. The predicted octanol–water partition coefficient (Wildman–Crippen LogP) is 3.20. The van der Waals surface area contributed by atoms with Crippen molar-refractivity contribution >= 4 is 43.5 Å². The van der Waals surface area contributed by atoms with Crippen LogP contribution in [-0.2, 0) is 0 Å². The Morgan fingerprint density at radius 1 is 0.955 bits per heavy atom. The lowest BCUT2D eigenvalue weighted by atomic mass is 10.2. The minimum atomic E-state index is 0.601. The van der Waals surface area contributed by atoms with Crippen molar-refractivity contribution in [1.82, 2.24) is 9.97 Å². The van der Waals surface area contributed by atoms with Crippen LogP contribution < -0.4 is 9.80 Å². The lowest BCUT2D eigenvalue weighted by molar-refractivity contribution is 0.641. The van der Waals surface area contributed by atoms with E-state index in [4.69, 9.17) is 0 Å². The second-order valence-electron chi connectivity index (χ2n) is 4.95.